The van der Waals surface area contributed by atoms with Gasteiger partial charge in [0, 0.05) is 34.2 Å². The largest absolute Gasteiger partial charge is 0.314 e. The fraction of sp³-hybridized carbons (Fsp3) is 1.00. The SMILES string of the molecule is CON1C(C)(C)CC(NCCCCCCNC2CC(C)(C)N(OC)C(C)(C)C2)CC1(C)C. The molecule has 2 rings (SSSR count). The number of nitrogens with zero attached hydrogens (tertiary/aromatic N) is 2. The molecular weight excluding hydrogens is 400 g/mol. The molecule has 0 aromatic rings. The van der Waals surface area contributed by atoms with Crippen molar-refractivity contribution in [2.75, 3.05) is 27.3 Å². The number of rotatable bonds is 11. The Morgan fingerprint density at radius 2 is 0.844 bits per heavy atom. The lowest BCUT2D eigenvalue weighted by Gasteiger charge is -2.53. The van der Waals surface area contributed by atoms with Crippen molar-refractivity contribution < 1.29 is 9.68 Å². The Morgan fingerprint density at radius 3 is 1.09 bits per heavy atom. The van der Waals surface area contributed by atoms with Crippen LogP contribution in [0.1, 0.15) is 107 Å². The summed E-state index contributed by atoms with van der Waals surface area (Å²) in [5, 5.41) is 12.0. The molecule has 0 saturated carbocycles. The van der Waals surface area contributed by atoms with Crippen LogP contribution in [0.5, 0.6) is 0 Å². The summed E-state index contributed by atoms with van der Waals surface area (Å²) in [6, 6.07) is 1.13. The number of nitrogens with one attached hydrogen (secondary N) is 2. The van der Waals surface area contributed by atoms with Crippen molar-refractivity contribution in [3.8, 4) is 0 Å². The highest BCUT2D eigenvalue weighted by Gasteiger charge is 2.46. The Hall–Kier alpha value is -0.240. The van der Waals surface area contributed by atoms with Gasteiger partial charge < -0.3 is 20.3 Å². The second-order valence-corrected chi connectivity index (χ2v) is 12.7. The molecular formula is C26H54N4O2. The van der Waals surface area contributed by atoms with Gasteiger partial charge in [0.2, 0.25) is 0 Å². The molecule has 2 N–H and O–H groups in total. The van der Waals surface area contributed by atoms with Gasteiger partial charge in [-0.05, 0) is 107 Å². The molecule has 2 aliphatic rings. The first-order valence-electron chi connectivity index (χ1n) is 12.9. The smallest absolute Gasteiger partial charge is 0.0575 e. The van der Waals surface area contributed by atoms with E-state index in [1.54, 1.807) is 14.2 Å². The van der Waals surface area contributed by atoms with Crippen LogP contribution in [-0.4, -0.2) is 71.7 Å². The molecule has 0 amide bonds. The topological polar surface area (TPSA) is 49.0 Å². The van der Waals surface area contributed by atoms with Crippen LogP contribution < -0.4 is 10.6 Å². The quantitative estimate of drug-likeness (QED) is 0.433. The predicted molar refractivity (Wildman–Crippen MR) is 135 cm³/mol. The summed E-state index contributed by atoms with van der Waals surface area (Å²) in [7, 11) is 3.60. The highest BCUT2D eigenvalue weighted by molar-refractivity contribution is 5.00. The zero-order chi connectivity index (χ0) is 24.2. The lowest BCUT2D eigenvalue weighted by Crippen LogP contribution is -2.63. The third kappa shape index (κ3) is 7.13. The van der Waals surface area contributed by atoms with Crippen molar-refractivity contribution in [3.05, 3.63) is 0 Å². The maximum absolute atomic E-state index is 5.72. The van der Waals surface area contributed by atoms with Gasteiger partial charge in [-0.3, -0.25) is 0 Å². The molecule has 0 aromatic carbocycles. The number of unbranched alkanes of at least 4 members (excludes halogenated alkanes) is 3. The van der Waals surface area contributed by atoms with Crippen LogP contribution in [0.4, 0.5) is 0 Å². The summed E-state index contributed by atoms with van der Waals surface area (Å²) in [5.41, 5.74) is 0.232. The molecule has 2 heterocycles. The molecule has 32 heavy (non-hydrogen) atoms. The molecule has 0 bridgehead atoms. The molecule has 6 heteroatoms. The predicted octanol–water partition coefficient (Wildman–Crippen LogP) is 4.89. The fourth-order valence-corrected chi connectivity index (χ4v) is 7.02. The minimum absolute atomic E-state index is 0.0579. The summed E-state index contributed by atoms with van der Waals surface area (Å²) in [4.78, 5) is 11.4. The normalized spacial score (nSPS) is 26.4. The second kappa shape index (κ2) is 11.0. The van der Waals surface area contributed by atoms with Gasteiger partial charge in [0.05, 0.1) is 14.2 Å². The first-order valence-corrected chi connectivity index (χ1v) is 12.9. The van der Waals surface area contributed by atoms with Crippen molar-refractivity contribution in [1.82, 2.24) is 20.8 Å². The molecule has 0 radical (unpaired) electrons. The summed E-state index contributed by atoms with van der Waals surface area (Å²) < 4.78 is 0. The summed E-state index contributed by atoms with van der Waals surface area (Å²) in [5.74, 6) is 0. The Kier molecular flexibility index (Phi) is 9.63. The van der Waals surface area contributed by atoms with Gasteiger partial charge in [0.25, 0.3) is 0 Å². The van der Waals surface area contributed by atoms with E-state index in [9.17, 15) is 0 Å². The molecule has 0 unspecified atom stereocenters. The van der Waals surface area contributed by atoms with Gasteiger partial charge in [0.1, 0.15) is 0 Å². The van der Waals surface area contributed by atoms with E-state index in [4.69, 9.17) is 9.68 Å². The van der Waals surface area contributed by atoms with Gasteiger partial charge in [-0.2, -0.15) is 10.1 Å². The van der Waals surface area contributed by atoms with E-state index in [2.05, 4.69) is 76.1 Å². The standard InChI is InChI=1S/C26H54N4O2/c1-23(2)17-21(18-24(3,4)29(23)31-9)27-15-13-11-12-14-16-28-22-19-25(5,6)30(32-10)26(7,8)20-22/h21-22,27-28H,11-20H2,1-10H3. The van der Waals surface area contributed by atoms with E-state index in [1.807, 2.05) is 0 Å². The number of hydrogen-bond acceptors (Lipinski definition) is 6. The van der Waals surface area contributed by atoms with Gasteiger partial charge in [-0.25, -0.2) is 0 Å². The van der Waals surface area contributed by atoms with Crippen LogP contribution in [-0.2, 0) is 9.68 Å². The van der Waals surface area contributed by atoms with Crippen molar-refractivity contribution >= 4 is 0 Å². The van der Waals surface area contributed by atoms with Crippen LogP contribution in [0.3, 0.4) is 0 Å². The van der Waals surface area contributed by atoms with Gasteiger partial charge in [0.15, 0.2) is 0 Å². The van der Waals surface area contributed by atoms with Crippen LogP contribution in [0.25, 0.3) is 0 Å². The zero-order valence-electron chi connectivity index (χ0n) is 22.9. The Balaban J connectivity index is 1.61. The lowest BCUT2D eigenvalue weighted by atomic mass is 9.79. The zero-order valence-corrected chi connectivity index (χ0v) is 22.9. The van der Waals surface area contributed by atoms with Crippen molar-refractivity contribution in [3.63, 3.8) is 0 Å². The molecule has 190 valence electrons. The Morgan fingerprint density at radius 1 is 0.562 bits per heavy atom. The summed E-state index contributed by atoms with van der Waals surface area (Å²) >= 11 is 0. The fourth-order valence-electron chi connectivity index (χ4n) is 7.02. The van der Waals surface area contributed by atoms with Crippen molar-refractivity contribution in [2.45, 2.75) is 141 Å². The third-order valence-corrected chi connectivity index (χ3v) is 7.52. The van der Waals surface area contributed by atoms with Gasteiger partial charge in [-0.1, -0.05) is 12.8 Å². The average Bonchev–Trinajstić information content (AvgIpc) is 2.60. The molecule has 0 spiro atoms. The monoisotopic (exact) mass is 454 g/mol. The van der Waals surface area contributed by atoms with E-state index in [0.717, 1.165) is 38.8 Å². The molecule has 0 atom stereocenters. The minimum Gasteiger partial charge on any atom is -0.314 e. The van der Waals surface area contributed by atoms with E-state index in [1.165, 1.54) is 25.7 Å². The second-order valence-electron chi connectivity index (χ2n) is 12.7. The molecule has 0 aliphatic carbocycles. The molecule has 0 aromatic heterocycles. The van der Waals surface area contributed by atoms with E-state index in [0.29, 0.717) is 12.1 Å². The summed E-state index contributed by atoms with van der Waals surface area (Å²) in [6.07, 6.45) is 9.64. The first kappa shape index (κ1) is 28.0. The minimum atomic E-state index is 0.0579. The van der Waals surface area contributed by atoms with Crippen LogP contribution in [0, 0.1) is 0 Å². The number of hydrogen-bond donors (Lipinski definition) is 2. The van der Waals surface area contributed by atoms with Gasteiger partial charge in [-0.15, -0.1) is 0 Å². The highest BCUT2D eigenvalue weighted by Crippen LogP contribution is 2.39. The summed E-state index contributed by atoms with van der Waals surface area (Å²) in [6.45, 7) is 20.6. The average molecular weight is 455 g/mol. The molecule has 2 saturated heterocycles. The first-order chi connectivity index (χ1) is 14.7. The maximum atomic E-state index is 5.72. The lowest BCUT2D eigenvalue weighted by molar-refractivity contribution is -0.267. The van der Waals surface area contributed by atoms with Gasteiger partial charge >= 0.3 is 0 Å². The maximum Gasteiger partial charge on any atom is 0.0575 e. The molecule has 2 fully saturated rings. The Labute approximate surface area is 199 Å². The van der Waals surface area contributed by atoms with Crippen molar-refractivity contribution in [1.29, 1.82) is 0 Å². The van der Waals surface area contributed by atoms with E-state index >= 15 is 0 Å². The molecule has 2 aliphatic heterocycles. The third-order valence-electron chi connectivity index (χ3n) is 7.52. The van der Waals surface area contributed by atoms with Crippen LogP contribution >= 0.6 is 0 Å². The van der Waals surface area contributed by atoms with Crippen LogP contribution in [0.15, 0.2) is 0 Å². The number of hydroxylamine groups is 4. The van der Waals surface area contributed by atoms with E-state index in [-0.39, 0.29) is 22.2 Å². The van der Waals surface area contributed by atoms with Crippen molar-refractivity contribution in [2.24, 2.45) is 0 Å². The molecule has 6 nitrogen and oxygen atoms in total. The van der Waals surface area contributed by atoms with E-state index < -0.39 is 0 Å². The Bertz CT molecular complexity index is 490. The highest BCUT2D eigenvalue weighted by atomic mass is 16.7. The number of piperidine rings is 2. The van der Waals surface area contributed by atoms with Crippen LogP contribution in [0.2, 0.25) is 0 Å².